The van der Waals surface area contributed by atoms with E-state index in [1.54, 1.807) is 12.1 Å². The topological polar surface area (TPSA) is 92.7 Å². The number of benzene rings is 1. The SMILES string of the molecule is CSc1ccccc1C(=O)Nc1cc(C)nn1-c1nc2c(c(=O)[nH]1)CCC2. The van der Waals surface area contributed by atoms with Crippen molar-refractivity contribution in [3.8, 4) is 5.95 Å². The maximum absolute atomic E-state index is 12.8. The van der Waals surface area contributed by atoms with Gasteiger partial charge in [0.15, 0.2) is 0 Å². The van der Waals surface area contributed by atoms with Gasteiger partial charge in [-0.3, -0.25) is 14.6 Å². The van der Waals surface area contributed by atoms with E-state index in [4.69, 9.17) is 0 Å². The number of amides is 1. The summed E-state index contributed by atoms with van der Waals surface area (Å²) in [6.45, 7) is 1.83. The number of hydrogen-bond acceptors (Lipinski definition) is 5. The van der Waals surface area contributed by atoms with Crippen LogP contribution in [0.2, 0.25) is 0 Å². The molecule has 1 amide bonds. The van der Waals surface area contributed by atoms with Crippen LogP contribution in [0.5, 0.6) is 0 Å². The van der Waals surface area contributed by atoms with Gasteiger partial charge in [0, 0.05) is 16.5 Å². The molecule has 1 aromatic carbocycles. The molecule has 2 aromatic heterocycles. The van der Waals surface area contributed by atoms with Crippen molar-refractivity contribution in [2.75, 3.05) is 11.6 Å². The van der Waals surface area contributed by atoms with E-state index in [0.29, 0.717) is 23.0 Å². The van der Waals surface area contributed by atoms with Crippen molar-refractivity contribution in [2.24, 2.45) is 0 Å². The molecule has 1 aliphatic rings. The van der Waals surface area contributed by atoms with E-state index in [9.17, 15) is 9.59 Å². The van der Waals surface area contributed by atoms with Gasteiger partial charge in [-0.15, -0.1) is 11.8 Å². The summed E-state index contributed by atoms with van der Waals surface area (Å²) < 4.78 is 1.48. The number of nitrogens with zero attached hydrogens (tertiary/aromatic N) is 3. The molecule has 0 unspecified atom stereocenters. The smallest absolute Gasteiger partial charge is 0.257 e. The molecule has 27 heavy (non-hydrogen) atoms. The summed E-state index contributed by atoms with van der Waals surface area (Å²) in [6.07, 6.45) is 4.40. The molecule has 4 rings (SSSR count). The Kier molecular flexibility index (Phi) is 4.57. The monoisotopic (exact) mass is 381 g/mol. The van der Waals surface area contributed by atoms with E-state index >= 15 is 0 Å². The largest absolute Gasteiger partial charge is 0.306 e. The zero-order chi connectivity index (χ0) is 19.0. The number of anilines is 1. The van der Waals surface area contributed by atoms with Crippen LogP contribution in [0, 0.1) is 6.92 Å². The fraction of sp³-hybridized carbons (Fsp3) is 0.263. The number of rotatable bonds is 4. The van der Waals surface area contributed by atoms with Crippen LogP contribution in [-0.2, 0) is 12.8 Å². The first kappa shape index (κ1) is 17.5. The van der Waals surface area contributed by atoms with Crippen LogP contribution in [0.3, 0.4) is 0 Å². The summed E-state index contributed by atoms with van der Waals surface area (Å²) in [4.78, 5) is 33.4. The maximum atomic E-state index is 12.8. The number of H-pyrrole nitrogens is 1. The fourth-order valence-corrected chi connectivity index (χ4v) is 3.89. The van der Waals surface area contributed by atoms with Crippen LogP contribution >= 0.6 is 11.8 Å². The number of nitrogens with one attached hydrogen (secondary N) is 2. The van der Waals surface area contributed by atoms with Crippen LogP contribution < -0.4 is 10.9 Å². The normalized spacial score (nSPS) is 12.8. The summed E-state index contributed by atoms with van der Waals surface area (Å²) in [5, 5.41) is 7.30. The lowest BCUT2D eigenvalue weighted by molar-refractivity contribution is 0.102. The van der Waals surface area contributed by atoms with Crippen LogP contribution in [0.4, 0.5) is 5.82 Å². The highest BCUT2D eigenvalue weighted by Gasteiger charge is 2.20. The van der Waals surface area contributed by atoms with E-state index in [1.807, 2.05) is 31.4 Å². The molecule has 2 heterocycles. The van der Waals surface area contributed by atoms with Gasteiger partial charge in [0.2, 0.25) is 5.95 Å². The van der Waals surface area contributed by atoms with Crippen molar-refractivity contribution in [3.05, 3.63) is 63.2 Å². The molecule has 3 aromatic rings. The molecular formula is C19H19N5O2S. The molecule has 2 N–H and O–H groups in total. The van der Waals surface area contributed by atoms with E-state index in [0.717, 1.165) is 35.4 Å². The first-order valence-electron chi connectivity index (χ1n) is 8.70. The lowest BCUT2D eigenvalue weighted by Gasteiger charge is -2.10. The third-order valence-corrected chi connectivity index (χ3v) is 5.35. The minimum absolute atomic E-state index is 0.134. The molecule has 0 radical (unpaired) electrons. The molecule has 138 valence electrons. The second kappa shape index (κ2) is 7.03. The van der Waals surface area contributed by atoms with Gasteiger partial charge in [-0.25, -0.2) is 4.98 Å². The Morgan fingerprint density at radius 1 is 1.30 bits per heavy atom. The molecule has 7 nitrogen and oxygen atoms in total. The van der Waals surface area contributed by atoms with Crippen LogP contribution in [-0.4, -0.2) is 31.9 Å². The highest BCUT2D eigenvalue weighted by Crippen LogP contribution is 2.23. The molecule has 0 spiro atoms. The average molecular weight is 381 g/mol. The zero-order valence-corrected chi connectivity index (χ0v) is 15.9. The van der Waals surface area contributed by atoms with E-state index in [2.05, 4.69) is 20.4 Å². The van der Waals surface area contributed by atoms with E-state index in [-0.39, 0.29) is 11.5 Å². The Labute approximate surface area is 160 Å². The Morgan fingerprint density at radius 3 is 2.93 bits per heavy atom. The molecule has 0 saturated heterocycles. The molecule has 0 fully saturated rings. The predicted molar refractivity (Wildman–Crippen MR) is 105 cm³/mol. The van der Waals surface area contributed by atoms with Crippen LogP contribution in [0.1, 0.15) is 33.7 Å². The highest BCUT2D eigenvalue weighted by atomic mass is 32.2. The van der Waals surface area contributed by atoms with E-state index < -0.39 is 0 Å². The van der Waals surface area contributed by atoms with E-state index in [1.165, 1.54) is 16.4 Å². The third-order valence-electron chi connectivity index (χ3n) is 4.55. The third kappa shape index (κ3) is 3.28. The van der Waals surface area contributed by atoms with Gasteiger partial charge < -0.3 is 5.32 Å². The molecular weight excluding hydrogens is 362 g/mol. The summed E-state index contributed by atoms with van der Waals surface area (Å²) in [5.41, 5.74) is 2.73. The number of aromatic amines is 1. The fourth-order valence-electron chi connectivity index (χ4n) is 3.29. The van der Waals surface area contributed by atoms with Gasteiger partial charge in [0.25, 0.3) is 11.5 Å². The maximum Gasteiger partial charge on any atom is 0.257 e. The van der Waals surface area contributed by atoms with Crippen molar-refractivity contribution in [1.82, 2.24) is 19.7 Å². The lowest BCUT2D eigenvalue weighted by atomic mass is 10.2. The lowest BCUT2D eigenvalue weighted by Crippen LogP contribution is -2.21. The van der Waals surface area contributed by atoms with Gasteiger partial charge in [-0.05, 0) is 44.6 Å². The van der Waals surface area contributed by atoms with Gasteiger partial charge in [-0.1, -0.05) is 12.1 Å². The van der Waals surface area contributed by atoms with Gasteiger partial charge in [-0.2, -0.15) is 9.78 Å². The molecule has 0 atom stereocenters. The zero-order valence-electron chi connectivity index (χ0n) is 15.1. The molecule has 0 bridgehead atoms. The van der Waals surface area contributed by atoms with Gasteiger partial charge in [0.05, 0.1) is 17.0 Å². The summed E-state index contributed by atoms with van der Waals surface area (Å²) >= 11 is 1.51. The van der Waals surface area contributed by atoms with Crippen molar-refractivity contribution in [1.29, 1.82) is 0 Å². The Bertz CT molecular complexity index is 1090. The molecule has 1 aliphatic carbocycles. The Balaban J connectivity index is 1.71. The first-order valence-corrected chi connectivity index (χ1v) is 9.93. The summed E-state index contributed by atoms with van der Waals surface area (Å²) in [5.74, 6) is 0.557. The Morgan fingerprint density at radius 2 is 2.11 bits per heavy atom. The average Bonchev–Trinajstić information content (AvgIpc) is 3.28. The van der Waals surface area contributed by atoms with Crippen molar-refractivity contribution in [3.63, 3.8) is 0 Å². The molecule has 8 heteroatoms. The van der Waals surface area contributed by atoms with Crippen molar-refractivity contribution >= 4 is 23.5 Å². The second-order valence-electron chi connectivity index (χ2n) is 6.41. The quantitative estimate of drug-likeness (QED) is 0.678. The Hall–Kier alpha value is -2.87. The summed E-state index contributed by atoms with van der Waals surface area (Å²) in [6, 6.07) is 9.17. The first-order chi connectivity index (χ1) is 13.1. The minimum atomic E-state index is -0.232. The predicted octanol–water partition coefficient (Wildman–Crippen LogP) is 2.73. The number of aryl methyl sites for hydroxylation is 2. The standard InChI is InChI=1S/C19H19N5O2S/c1-11-10-16(21-18(26)13-6-3-4-9-15(13)27-2)24(23-11)19-20-14-8-5-7-12(14)17(25)22-19/h3-4,6,9-10H,5,7-8H2,1-2H3,(H,21,26)(H,20,22,25). The number of hydrogen-bond donors (Lipinski definition) is 2. The number of fused-ring (bicyclic) bond motifs is 1. The number of carbonyl (C=O) groups is 1. The van der Waals surface area contributed by atoms with Crippen molar-refractivity contribution in [2.45, 2.75) is 31.1 Å². The number of carbonyl (C=O) groups excluding carboxylic acids is 1. The van der Waals surface area contributed by atoms with Crippen LogP contribution in [0.25, 0.3) is 5.95 Å². The van der Waals surface area contributed by atoms with Gasteiger partial charge >= 0.3 is 0 Å². The van der Waals surface area contributed by atoms with Crippen molar-refractivity contribution < 1.29 is 4.79 Å². The minimum Gasteiger partial charge on any atom is -0.306 e. The second-order valence-corrected chi connectivity index (χ2v) is 7.25. The van der Waals surface area contributed by atoms with Crippen LogP contribution in [0.15, 0.2) is 40.0 Å². The number of thioether (sulfide) groups is 1. The molecule has 0 saturated carbocycles. The van der Waals surface area contributed by atoms with Gasteiger partial charge in [0.1, 0.15) is 5.82 Å². The highest BCUT2D eigenvalue weighted by molar-refractivity contribution is 7.98. The molecule has 0 aliphatic heterocycles. The summed E-state index contributed by atoms with van der Waals surface area (Å²) in [7, 11) is 0. The number of aromatic nitrogens is 4.